The molecule has 0 radical (unpaired) electrons. The normalized spacial score (nSPS) is 29.7. The number of halogens is 1. The van der Waals surface area contributed by atoms with Crippen molar-refractivity contribution in [2.75, 3.05) is 6.61 Å². The molecule has 1 saturated heterocycles. The lowest BCUT2D eigenvalue weighted by molar-refractivity contribution is 0.0210. The summed E-state index contributed by atoms with van der Waals surface area (Å²) in [5.41, 5.74) is 0.692. The third-order valence-electron chi connectivity index (χ3n) is 4.55. The molecule has 1 aliphatic carbocycles. The van der Waals surface area contributed by atoms with Crippen LogP contribution in [0.1, 0.15) is 49.7 Å². The minimum Gasteiger partial charge on any atom is -0.385 e. The summed E-state index contributed by atoms with van der Waals surface area (Å²) < 4.78 is 19.3. The van der Waals surface area contributed by atoms with Crippen LogP contribution in [0.5, 0.6) is 0 Å². The Bertz CT molecular complexity index is 454. The van der Waals surface area contributed by atoms with Crippen LogP contribution in [0.4, 0.5) is 4.39 Å². The highest BCUT2D eigenvalue weighted by molar-refractivity contribution is 5.38. The molecule has 2 nitrogen and oxygen atoms in total. The first-order chi connectivity index (χ1) is 9.19. The quantitative estimate of drug-likeness (QED) is 0.904. The maximum atomic E-state index is 13.7. The number of ether oxygens (including phenoxy) is 1. The van der Waals surface area contributed by atoms with E-state index in [1.807, 2.05) is 6.07 Å². The largest absolute Gasteiger partial charge is 0.385 e. The van der Waals surface area contributed by atoms with Gasteiger partial charge >= 0.3 is 0 Å². The third-order valence-corrected chi connectivity index (χ3v) is 4.55. The Kier molecular flexibility index (Phi) is 3.59. The molecule has 3 rings (SSSR count). The van der Waals surface area contributed by atoms with Crippen LogP contribution in [0.3, 0.4) is 0 Å². The minimum absolute atomic E-state index is 0.174. The number of hydrogen-bond donors (Lipinski definition) is 1. The van der Waals surface area contributed by atoms with Crippen LogP contribution in [-0.4, -0.2) is 17.8 Å². The van der Waals surface area contributed by atoms with Gasteiger partial charge in [0.1, 0.15) is 5.82 Å². The number of aliphatic hydroxyl groups is 1. The highest BCUT2D eigenvalue weighted by atomic mass is 19.1. The van der Waals surface area contributed by atoms with Gasteiger partial charge in [-0.1, -0.05) is 12.1 Å². The van der Waals surface area contributed by atoms with E-state index < -0.39 is 5.60 Å². The van der Waals surface area contributed by atoms with E-state index in [4.69, 9.17) is 4.74 Å². The highest BCUT2D eigenvalue weighted by Gasteiger charge is 2.37. The molecule has 1 heterocycles. The second-order valence-electron chi connectivity index (χ2n) is 5.82. The van der Waals surface area contributed by atoms with Crippen LogP contribution in [0, 0.1) is 5.82 Å². The lowest BCUT2D eigenvalue weighted by Gasteiger charge is -2.24. The van der Waals surface area contributed by atoms with Gasteiger partial charge in [-0.2, -0.15) is 0 Å². The van der Waals surface area contributed by atoms with Crippen molar-refractivity contribution in [1.82, 2.24) is 0 Å². The molecular formula is C16H21FO2. The standard InChI is InChI=1S/C16H21FO2/c17-15-7-1-6-14-13(15)8-10-16(14,18)9-2-4-12-5-3-11-19-12/h1,6-7,12,18H,2-5,8-11H2. The van der Waals surface area contributed by atoms with E-state index in [9.17, 15) is 9.50 Å². The zero-order valence-corrected chi connectivity index (χ0v) is 11.2. The van der Waals surface area contributed by atoms with Gasteiger partial charge in [-0.3, -0.25) is 0 Å². The Balaban J connectivity index is 1.63. The predicted octanol–water partition coefficient (Wildman–Crippen LogP) is 3.31. The van der Waals surface area contributed by atoms with E-state index >= 15 is 0 Å². The number of fused-ring (bicyclic) bond motifs is 1. The summed E-state index contributed by atoms with van der Waals surface area (Å²) in [6.45, 7) is 0.878. The Morgan fingerprint density at radius 3 is 3.11 bits per heavy atom. The third kappa shape index (κ3) is 2.54. The molecule has 0 amide bonds. The fourth-order valence-corrected chi connectivity index (χ4v) is 3.47. The molecule has 2 atom stereocenters. The van der Waals surface area contributed by atoms with E-state index in [0.29, 0.717) is 30.9 Å². The van der Waals surface area contributed by atoms with Gasteiger partial charge in [0, 0.05) is 6.61 Å². The van der Waals surface area contributed by atoms with Gasteiger partial charge in [-0.25, -0.2) is 4.39 Å². The summed E-state index contributed by atoms with van der Waals surface area (Å²) in [5, 5.41) is 10.7. The highest BCUT2D eigenvalue weighted by Crippen LogP contribution is 2.41. The number of rotatable bonds is 4. The van der Waals surface area contributed by atoms with Crippen LogP contribution in [0.2, 0.25) is 0 Å². The summed E-state index contributed by atoms with van der Waals surface area (Å²) in [5.74, 6) is -0.174. The van der Waals surface area contributed by atoms with Crippen LogP contribution in [-0.2, 0) is 16.8 Å². The lowest BCUT2D eigenvalue weighted by Crippen LogP contribution is -2.22. The molecule has 1 fully saturated rings. The van der Waals surface area contributed by atoms with Gasteiger partial charge < -0.3 is 9.84 Å². The molecular weight excluding hydrogens is 243 g/mol. The predicted molar refractivity (Wildman–Crippen MR) is 71.4 cm³/mol. The first-order valence-corrected chi connectivity index (χ1v) is 7.31. The molecule has 1 aromatic carbocycles. The molecule has 1 aromatic rings. The molecule has 1 N–H and O–H groups in total. The molecule has 19 heavy (non-hydrogen) atoms. The van der Waals surface area contributed by atoms with Crippen molar-refractivity contribution in [3.8, 4) is 0 Å². The molecule has 2 aliphatic rings. The van der Waals surface area contributed by atoms with Crippen molar-refractivity contribution >= 4 is 0 Å². The summed E-state index contributed by atoms with van der Waals surface area (Å²) in [6, 6.07) is 5.05. The SMILES string of the molecule is OC1(CCCC2CCCO2)CCc2c(F)cccc21. The van der Waals surface area contributed by atoms with E-state index in [1.165, 1.54) is 6.07 Å². The van der Waals surface area contributed by atoms with Crippen molar-refractivity contribution < 1.29 is 14.2 Å². The van der Waals surface area contributed by atoms with Crippen LogP contribution >= 0.6 is 0 Å². The van der Waals surface area contributed by atoms with Crippen LogP contribution < -0.4 is 0 Å². The fourth-order valence-electron chi connectivity index (χ4n) is 3.47. The van der Waals surface area contributed by atoms with Crippen molar-refractivity contribution in [3.05, 3.63) is 35.1 Å². The number of hydrogen-bond acceptors (Lipinski definition) is 2. The first-order valence-electron chi connectivity index (χ1n) is 7.31. The minimum atomic E-state index is -0.823. The van der Waals surface area contributed by atoms with E-state index in [2.05, 4.69) is 0 Å². The van der Waals surface area contributed by atoms with Crippen molar-refractivity contribution in [1.29, 1.82) is 0 Å². The van der Waals surface area contributed by atoms with Crippen LogP contribution in [0.15, 0.2) is 18.2 Å². The van der Waals surface area contributed by atoms with Gasteiger partial charge in [0.2, 0.25) is 0 Å². The summed E-state index contributed by atoms with van der Waals surface area (Å²) >= 11 is 0. The van der Waals surface area contributed by atoms with Gasteiger partial charge in [0.25, 0.3) is 0 Å². The zero-order valence-electron chi connectivity index (χ0n) is 11.2. The molecule has 0 saturated carbocycles. The van der Waals surface area contributed by atoms with Gasteiger partial charge in [-0.15, -0.1) is 0 Å². The van der Waals surface area contributed by atoms with Crippen molar-refractivity contribution in [3.63, 3.8) is 0 Å². The number of benzene rings is 1. The van der Waals surface area contributed by atoms with E-state index in [-0.39, 0.29) is 5.82 Å². The molecule has 0 bridgehead atoms. The Morgan fingerprint density at radius 2 is 2.32 bits per heavy atom. The topological polar surface area (TPSA) is 29.5 Å². The van der Waals surface area contributed by atoms with E-state index in [1.54, 1.807) is 6.07 Å². The van der Waals surface area contributed by atoms with Gasteiger partial charge in [0.05, 0.1) is 11.7 Å². The summed E-state index contributed by atoms with van der Waals surface area (Å²) in [7, 11) is 0. The average Bonchev–Trinajstić information content (AvgIpc) is 3.00. The monoisotopic (exact) mass is 264 g/mol. The smallest absolute Gasteiger partial charge is 0.126 e. The summed E-state index contributed by atoms with van der Waals surface area (Å²) in [4.78, 5) is 0. The molecule has 104 valence electrons. The second kappa shape index (κ2) is 5.22. The lowest BCUT2D eigenvalue weighted by atomic mass is 9.89. The molecule has 1 aliphatic heterocycles. The maximum Gasteiger partial charge on any atom is 0.126 e. The first kappa shape index (κ1) is 13.1. The fraction of sp³-hybridized carbons (Fsp3) is 0.625. The molecule has 0 spiro atoms. The zero-order chi connectivity index (χ0) is 13.3. The van der Waals surface area contributed by atoms with Gasteiger partial charge in [0.15, 0.2) is 0 Å². The molecule has 0 aromatic heterocycles. The maximum absolute atomic E-state index is 13.7. The Morgan fingerprint density at radius 1 is 1.42 bits per heavy atom. The Labute approximate surface area is 113 Å². The van der Waals surface area contributed by atoms with Crippen LogP contribution in [0.25, 0.3) is 0 Å². The Hall–Kier alpha value is -0.930. The second-order valence-corrected chi connectivity index (χ2v) is 5.82. The van der Waals surface area contributed by atoms with Gasteiger partial charge in [-0.05, 0) is 62.1 Å². The van der Waals surface area contributed by atoms with Crippen molar-refractivity contribution in [2.45, 2.75) is 56.7 Å². The van der Waals surface area contributed by atoms with Crippen molar-refractivity contribution in [2.24, 2.45) is 0 Å². The average molecular weight is 264 g/mol. The van der Waals surface area contributed by atoms with E-state index in [0.717, 1.165) is 37.9 Å². The molecule has 2 unspecified atom stereocenters. The molecule has 3 heteroatoms. The summed E-state index contributed by atoms with van der Waals surface area (Å²) in [6.07, 6.45) is 6.63.